The maximum absolute atomic E-state index is 13.1. The molecule has 27 heavy (non-hydrogen) atoms. The Morgan fingerprint density at radius 3 is 2.30 bits per heavy atom. The van der Waals surface area contributed by atoms with Gasteiger partial charge in [0.2, 0.25) is 5.91 Å². The molecule has 0 atom stereocenters. The first kappa shape index (κ1) is 19.5. The minimum Gasteiger partial charge on any atom is -0.493 e. The average Bonchev–Trinajstić information content (AvgIpc) is 2.74. The molecule has 148 valence electrons. The summed E-state index contributed by atoms with van der Waals surface area (Å²) in [6.45, 7) is 3.16. The van der Waals surface area contributed by atoms with Crippen LogP contribution < -0.4 is 20.1 Å². The minimum atomic E-state index is -0.0729. The first-order valence-electron chi connectivity index (χ1n) is 9.71. The minimum absolute atomic E-state index is 0.0442. The monoisotopic (exact) mass is 375 g/mol. The molecular formula is C20H29N3O4. The molecule has 2 aliphatic heterocycles. The van der Waals surface area contributed by atoms with Crippen molar-refractivity contribution in [3.8, 4) is 11.5 Å². The number of anilines is 1. The lowest BCUT2D eigenvalue weighted by molar-refractivity contribution is -0.120. The van der Waals surface area contributed by atoms with Gasteiger partial charge in [-0.2, -0.15) is 0 Å². The average molecular weight is 375 g/mol. The number of hydrogen-bond acceptors (Lipinski definition) is 5. The number of likely N-dealkylation sites (tertiary alicyclic amines) is 1. The van der Waals surface area contributed by atoms with Gasteiger partial charge in [0.1, 0.15) is 0 Å². The normalized spacial score (nSPS) is 18.1. The van der Waals surface area contributed by atoms with Crippen LogP contribution in [0.25, 0.3) is 0 Å². The lowest BCUT2D eigenvalue weighted by Gasteiger charge is -2.28. The van der Waals surface area contributed by atoms with Gasteiger partial charge in [0, 0.05) is 25.1 Å². The molecule has 1 aromatic rings. The molecule has 7 heteroatoms. The summed E-state index contributed by atoms with van der Waals surface area (Å²) in [5.41, 5.74) is 0.948. The van der Waals surface area contributed by atoms with Crippen molar-refractivity contribution in [2.24, 2.45) is 5.92 Å². The van der Waals surface area contributed by atoms with Crippen LogP contribution in [0.4, 0.5) is 5.69 Å². The number of hydrogen-bond donors (Lipinski definition) is 2. The van der Waals surface area contributed by atoms with Crippen molar-refractivity contribution < 1.29 is 19.1 Å². The molecule has 0 spiro atoms. The third kappa shape index (κ3) is 4.53. The summed E-state index contributed by atoms with van der Waals surface area (Å²) in [6.07, 6.45) is 4.77. The van der Waals surface area contributed by atoms with Gasteiger partial charge in [-0.15, -0.1) is 0 Å². The number of amides is 2. The molecular weight excluding hydrogens is 346 g/mol. The van der Waals surface area contributed by atoms with E-state index in [2.05, 4.69) is 10.6 Å². The Bertz CT molecular complexity index is 680. The van der Waals surface area contributed by atoms with Gasteiger partial charge < -0.3 is 25.0 Å². The summed E-state index contributed by atoms with van der Waals surface area (Å²) in [5.74, 6) is 0.816. The van der Waals surface area contributed by atoms with Crippen molar-refractivity contribution in [2.75, 3.05) is 45.7 Å². The van der Waals surface area contributed by atoms with E-state index in [9.17, 15) is 9.59 Å². The predicted molar refractivity (Wildman–Crippen MR) is 104 cm³/mol. The number of nitrogens with zero attached hydrogens (tertiary/aromatic N) is 1. The molecule has 0 saturated carbocycles. The fourth-order valence-electron chi connectivity index (χ4n) is 3.75. The van der Waals surface area contributed by atoms with Crippen LogP contribution >= 0.6 is 0 Å². The van der Waals surface area contributed by atoms with Crippen molar-refractivity contribution in [3.05, 3.63) is 17.7 Å². The summed E-state index contributed by atoms with van der Waals surface area (Å²) in [5, 5.41) is 6.24. The number of piperidine rings is 2. The van der Waals surface area contributed by atoms with Gasteiger partial charge in [-0.3, -0.25) is 9.59 Å². The third-order valence-corrected chi connectivity index (χ3v) is 5.37. The smallest absolute Gasteiger partial charge is 0.256 e. The highest BCUT2D eigenvalue weighted by Gasteiger charge is 2.26. The molecule has 2 aliphatic rings. The van der Waals surface area contributed by atoms with Crippen LogP contribution in [0.5, 0.6) is 11.5 Å². The summed E-state index contributed by atoms with van der Waals surface area (Å²) in [6, 6.07) is 3.36. The van der Waals surface area contributed by atoms with E-state index in [1.165, 1.54) is 0 Å². The van der Waals surface area contributed by atoms with E-state index in [-0.39, 0.29) is 17.7 Å². The fraction of sp³-hybridized carbons (Fsp3) is 0.600. The van der Waals surface area contributed by atoms with Gasteiger partial charge >= 0.3 is 0 Å². The molecule has 2 amide bonds. The largest absolute Gasteiger partial charge is 0.493 e. The number of carbonyl (C=O) groups is 2. The molecule has 0 radical (unpaired) electrons. The Balaban J connectivity index is 1.89. The van der Waals surface area contributed by atoms with Crippen LogP contribution in [0, 0.1) is 5.92 Å². The Labute approximate surface area is 160 Å². The second-order valence-electron chi connectivity index (χ2n) is 7.12. The number of ether oxygens (including phenoxy) is 2. The first-order chi connectivity index (χ1) is 13.1. The standard InChI is InChI=1S/C20H29N3O4/c1-26-17-12-15(20(25)23-10-4-3-5-11-23)16(13-18(17)27-2)22-19(24)14-6-8-21-9-7-14/h12-14,21H,3-11H2,1-2H3,(H,22,24). The number of carbonyl (C=O) groups excluding carboxylic acids is 2. The highest BCUT2D eigenvalue weighted by molar-refractivity contribution is 6.05. The van der Waals surface area contributed by atoms with Gasteiger partial charge in [-0.25, -0.2) is 0 Å². The van der Waals surface area contributed by atoms with Crippen molar-refractivity contribution in [1.82, 2.24) is 10.2 Å². The second-order valence-corrected chi connectivity index (χ2v) is 7.12. The van der Waals surface area contributed by atoms with Gasteiger partial charge in [0.15, 0.2) is 11.5 Å². The highest BCUT2D eigenvalue weighted by Crippen LogP contribution is 2.35. The van der Waals surface area contributed by atoms with E-state index < -0.39 is 0 Å². The van der Waals surface area contributed by atoms with Crippen LogP contribution in [0.3, 0.4) is 0 Å². The van der Waals surface area contributed by atoms with Crippen molar-refractivity contribution in [1.29, 1.82) is 0 Å². The zero-order valence-electron chi connectivity index (χ0n) is 16.2. The Morgan fingerprint density at radius 1 is 1.04 bits per heavy atom. The number of rotatable bonds is 5. The van der Waals surface area contributed by atoms with Gasteiger partial charge in [-0.05, 0) is 51.3 Å². The molecule has 3 rings (SSSR count). The molecule has 2 saturated heterocycles. The first-order valence-corrected chi connectivity index (χ1v) is 9.71. The third-order valence-electron chi connectivity index (χ3n) is 5.37. The van der Waals surface area contributed by atoms with Crippen LogP contribution in [0.15, 0.2) is 12.1 Å². The molecule has 2 fully saturated rings. The quantitative estimate of drug-likeness (QED) is 0.825. The van der Waals surface area contributed by atoms with E-state index >= 15 is 0 Å². The van der Waals surface area contributed by atoms with Crippen LogP contribution in [0.1, 0.15) is 42.5 Å². The van der Waals surface area contributed by atoms with Crippen LogP contribution in [0.2, 0.25) is 0 Å². The summed E-state index contributed by atoms with van der Waals surface area (Å²) in [7, 11) is 3.09. The molecule has 2 heterocycles. The van der Waals surface area contributed by atoms with Gasteiger partial charge in [0.05, 0.1) is 25.5 Å². The van der Waals surface area contributed by atoms with Crippen molar-refractivity contribution in [3.63, 3.8) is 0 Å². The Kier molecular flexibility index (Phi) is 6.55. The molecule has 2 N–H and O–H groups in total. The number of nitrogens with one attached hydrogen (secondary N) is 2. The van der Waals surface area contributed by atoms with Crippen LogP contribution in [-0.2, 0) is 4.79 Å². The summed E-state index contributed by atoms with van der Waals surface area (Å²) < 4.78 is 10.7. The topological polar surface area (TPSA) is 79.9 Å². The van der Waals surface area contributed by atoms with E-state index in [1.807, 2.05) is 4.90 Å². The summed E-state index contributed by atoms with van der Waals surface area (Å²) in [4.78, 5) is 27.7. The van der Waals surface area contributed by atoms with Gasteiger partial charge in [-0.1, -0.05) is 0 Å². The summed E-state index contributed by atoms with van der Waals surface area (Å²) >= 11 is 0. The zero-order valence-corrected chi connectivity index (χ0v) is 16.2. The van der Waals surface area contributed by atoms with E-state index in [0.717, 1.165) is 58.3 Å². The lowest BCUT2D eigenvalue weighted by Crippen LogP contribution is -2.37. The highest BCUT2D eigenvalue weighted by atomic mass is 16.5. The van der Waals surface area contributed by atoms with Crippen molar-refractivity contribution in [2.45, 2.75) is 32.1 Å². The molecule has 0 aliphatic carbocycles. The molecule has 0 aromatic heterocycles. The molecule has 1 aromatic carbocycles. The van der Waals surface area contributed by atoms with Crippen molar-refractivity contribution >= 4 is 17.5 Å². The van der Waals surface area contributed by atoms with E-state index in [4.69, 9.17) is 9.47 Å². The zero-order chi connectivity index (χ0) is 19.2. The molecule has 0 bridgehead atoms. The maximum atomic E-state index is 13.1. The van der Waals surface area contributed by atoms with E-state index in [1.54, 1.807) is 26.4 Å². The Morgan fingerprint density at radius 2 is 1.67 bits per heavy atom. The SMILES string of the molecule is COc1cc(NC(=O)C2CCNCC2)c(C(=O)N2CCCCC2)cc1OC. The maximum Gasteiger partial charge on any atom is 0.256 e. The number of methoxy groups -OCH3 is 2. The van der Waals surface area contributed by atoms with Crippen LogP contribution in [-0.4, -0.2) is 57.1 Å². The lowest BCUT2D eigenvalue weighted by atomic mass is 9.97. The van der Waals surface area contributed by atoms with Gasteiger partial charge in [0.25, 0.3) is 5.91 Å². The molecule has 7 nitrogen and oxygen atoms in total. The molecule has 0 unspecified atom stereocenters. The van der Waals surface area contributed by atoms with E-state index in [0.29, 0.717) is 22.7 Å². The predicted octanol–water partition coefficient (Wildman–Crippen LogP) is 2.27. The Hall–Kier alpha value is -2.28. The number of benzene rings is 1. The fourth-order valence-corrected chi connectivity index (χ4v) is 3.75. The second kappa shape index (κ2) is 9.08.